The van der Waals surface area contributed by atoms with Crippen LogP contribution >= 0.6 is 0 Å². The van der Waals surface area contributed by atoms with Gasteiger partial charge in [-0.25, -0.2) is 6.07 Å². The zero-order valence-corrected chi connectivity index (χ0v) is 26.4. The first-order valence-corrected chi connectivity index (χ1v) is 13.7. The van der Waals surface area contributed by atoms with Crippen molar-refractivity contribution in [2.45, 2.75) is 67.2 Å². The van der Waals surface area contributed by atoms with Crippen molar-refractivity contribution in [2.75, 3.05) is 0 Å². The summed E-state index contributed by atoms with van der Waals surface area (Å²) in [7, 11) is 0.271. The van der Waals surface area contributed by atoms with Crippen LogP contribution in [0.5, 0.6) is 0 Å². The predicted molar refractivity (Wildman–Crippen MR) is 157 cm³/mol. The summed E-state index contributed by atoms with van der Waals surface area (Å²) in [5.74, 6) is 0. The molecule has 0 aromatic heterocycles. The minimum Gasteiger partial charge on any atom is -0.343 e. The van der Waals surface area contributed by atoms with Gasteiger partial charge >= 0.3 is 26.2 Å². The summed E-state index contributed by atoms with van der Waals surface area (Å²) in [4.78, 5) is 0. The maximum absolute atomic E-state index is 3.60. The minimum atomic E-state index is 0. The molecule has 4 rings (SSSR count). The second kappa shape index (κ2) is 20.4. The van der Waals surface area contributed by atoms with Crippen molar-refractivity contribution in [2.24, 2.45) is 0 Å². The van der Waals surface area contributed by atoms with Crippen molar-refractivity contribution in [3.05, 3.63) is 126 Å². The molecule has 0 spiro atoms. The second-order valence-corrected chi connectivity index (χ2v) is 10.2. The van der Waals surface area contributed by atoms with Gasteiger partial charge in [-0.05, 0) is 0 Å². The van der Waals surface area contributed by atoms with Gasteiger partial charge in [0.15, 0.2) is 0 Å². The molecule has 0 aliphatic rings. The molecule has 4 aromatic carbocycles. The summed E-state index contributed by atoms with van der Waals surface area (Å²) in [6.07, 6.45) is 4.76. The molecule has 0 saturated heterocycles. The van der Waals surface area contributed by atoms with Gasteiger partial charge in [0.05, 0.1) is 0 Å². The normalized spacial score (nSPS) is 9.34. The van der Waals surface area contributed by atoms with Crippen LogP contribution in [-0.2, 0) is 32.6 Å². The first-order chi connectivity index (χ1) is 16.4. The largest absolute Gasteiger partial charge is 3.00 e. The average Bonchev–Trinajstić information content (AvgIpc) is 3.46. The number of aryl methyl sites for hydroxylation is 3. The van der Waals surface area contributed by atoms with E-state index in [2.05, 4.69) is 139 Å². The summed E-state index contributed by atoms with van der Waals surface area (Å²) in [5, 5.41) is 2.90. The molecular formula is C33H44SiZr. The van der Waals surface area contributed by atoms with E-state index in [1.54, 1.807) is 0 Å². The van der Waals surface area contributed by atoms with E-state index in [0.717, 1.165) is 6.42 Å². The number of benzene rings is 2. The summed E-state index contributed by atoms with van der Waals surface area (Å²) < 4.78 is 0. The first kappa shape index (κ1) is 33.2. The molecular weight excluding hydrogens is 516 g/mol. The van der Waals surface area contributed by atoms with Crippen molar-refractivity contribution in [1.82, 2.24) is 0 Å². The van der Waals surface area contributed by atoms with Gasteiger partial charge in [0, 0.05) is 0 Å². The molecule has 2 radical (unpaired) electrons. The third kappa shape index (κ3) is 14.4. The first-order valence-electron chi connectivity index (χ1n) is 12.6. The molecule has 0 unspecified atom stereocenters. The number of rotatable bonds is 5. The van der Waals surface area contributed by atoms with Crippen molar-refractivity contribution >= 4 is 19.9 Å². The van der Waals surface area contributed by atoms with E-state index in [1.807, 2.05) is 0 Å². The van der Waals surface area contributed by atoms with Crippen LogP contribution in [-0.4, -0.2) is 9.52 Å². The SMILES string of the molecule is CCCc1cc[cH-]c1.Cc1c[c-](C)c(C)c1C.[CH2-]CCC.[Zr+3].c1ccc([SiH]c2ccccc2)cc1. The molecule has 35 heavy (non-hydrogen) atoms. The molecule has 0 heterocycles. The molecule has 0 aliphatic heterocycles. The Kier molecular flexibility index (Phi) is 19.4. The van der Waals surface area contributed by atoms with Gasteiger partial charge in [-0.15, -0.1) is 0 Å². The fraction of sp³-hybridized carbons (Fsp3) is 0.303. The van der Waals surface area contributed by atoms with E-state index in [4.69, 9.17) is 0 Å². The Morgan fingerprint density at radius 2 is 1.34 bits per heavy atom. The second-order valence-electron chi connectivity index (χ2n) is 8.62. The summed E-state index contributed by atoms with van der Waals surface area (Å²) in [6, 6.07) is 32.1. The van der Waals surface area contributed by atoms with Crippen molar-refractivity contribution in [3.63, 3.8) is 0 Å². The Morgan fingerprint density at radius 3 is 1.63 bits per heavy atom. The number of hydrogen-bond acceptors (Lipinski definition) is 0. The summed E-state index contributed by atoms with van der Waals surface area (Å²) >= 11 is 0. The molecule has 0 nitrogen and oxygen atoms in total. The number of hydrogen-bond donors (Lipinski definition) is 0. The molecule has 0 saturated carbocycles. The van der Waals surface area contributed by atoms with Crippen LogP contribution in [0.4, 0.5) is 0 Å². The van der Waals surface area contributed by atoms with E-state index >= 15 is 0 Å². The van der Waals surface area contributed by atoms with Crippen LogP contribution in [0.2, 0.25) is 0 Å². The van der Waals surface area contributed by atoms with Gasteiger partial charge < -0.3 is 6.92 Å². The van der Waals surface area contributed by atoms with Crippen molar-refractivity contribution in [1.29, 1.82) is 0 Å². The summed E-state index contributed by atoms with van der Waals surface area (Å²) in [6.45, 7) is 16.6. The van der Waals surface area contributed by atoms with Crippen LogP contribution in [0.15, 0.2) is 91.0 Å². The van der Waals surface area contributed by atoms with Gasteiger partial charge in [0.1, 0.15) is 9.52 Å². The Morgan fingerprint density at radius 1 is 0.829 bits per heavy atom. The predicted octanol–water partition coefficient (Wildman–Crippen LogP) is 7.69. The van der Waals surface area contributed by atoms with Crippen LogP contribution in [0.25, 0.3) is 0 Å². The van der Waals surface area contributed by atoms with E-state index in [9.17, 15) is 0 Å². The molecule has 0 bridgehead atoms. The standard InChI is InChI=1S/C12H11Si.C9H13.C8H11.C4H9.Zr/c1-3-7-11(8-4-1)13-12-9-5-2-6-10-12;1-6-5-7(2)9(4)8(6)3;1-2-5-8-6-3-4-7-8;1-3-4-2;/h1-10,13H;5H,1-4H3;3-4,6-7H,2,5H2,1H3;1,3-4H2,2H3;/q;3*-1;+3. The third-order valence-electron chi connectivity index (χ3n) is 5.73. The van der Waals surface area contributed by atoms with Crippen LogP contribution in [0.1, 0.15) is 60.9 Å². The zero-order valence-electron chi connectivity index (χ0n) is 22.8. The van der Waals surface area contributed by atoms with Crippen LogP contribution in [0.3, 0.4) is 0 Å². The topological polar surface area (TPSA) is 0 Å². The molecule has 0 N–H and O–H groups in total. The maximum atomic E-state index is 3.60. The molecule has 0 fully saturated rings. The fourth-order valence-electron chi connectivity index (χ4n) is 3.29. The Labute approximate surface area is 237 Å². The molecule has 0 atom stereocenters. The van der Waals surface area contributed by atoms with E-state index in [0.29, 0.717) is 0 Å². The smallest absolute Gasteiger partial charge is 0.343 e. The van der Waals surface area contributed by atoms with E-state index in [1.165, 1.54) is 57.5 Å². The van der Waals surface area contributed by atoms with Crippen LogP contribution in [0, 0.1) is 34.6 Å². The molecule has 0 aliphatic carbocycles. The van der Waals surface area contributed by atoms with Gasteiger partial charge in [-0.1, -0.05) is 132 Å². The van der Waals surface area contributed by atoms with Gasteiger partial charge in [0.2, 0.25) is 0 Å². The minimum absolute atomic E-state index is 0. The quantitative estimate of drug-likeness (QED) is 0.174. The Balaban J connectivity index is 0.000000468. The Hall–Kier alpha value is -1.76. The molecule has 184 valence electrons. The zero-order chi connectivity index (χ0) is 25.2. The van der Waals surface area contributed by atoms with Gasteiger partial charge in [-0.2, -0.15) is 58.5 Å². The van der Waals surface area contributed by atoms with E-state index in [-0.39, 0.29) is 35.7 Å². The molecule has 2 heteroatoms. The van der Waals surface area contributed by atoms with Crippen molar-refractivity contribution in [3.8, 4) is 0 Å². The number of unbranched alkanes of at least 4 members (excludes halogenated alkanes) is 1. The van der Waals surface area contributed by atoms with Crippen LogP contribution < -0.4 is 10.4 Å². The third-order valence-corrected chi connectivity index (χ3v) is 7.17. The van der Waals surface area contributed by atoms with Gasteiger partial charge in [-0.3, -0.25) is 0 Å². The molecule has 0 amide bonds. The fourth-order valence-corrected chi connectivity index (χ4v) is 4.51. The van der Waals surface area contributed by atoms with E-state index < -0.39 is 0 Å². The average molecular weight is 560 g/mol. The monoisotopic (exact) mass is 558 g/mol. The van der Waals surface area contributed by atoms with Gasteiger partial charge in [0.25, 0.3) is 0 Å². The molecule has 4 aromatic rings. The maximum Gasteiger partial charge on any atom is 3.00 e. The Bertz CT molecular complexity index is 921. The summed E-state index contributed by atoms with van der Waals surface area (Å²) in [5.41, 5.74) is 7.21. The van der Waals surface area contributed by atoms with Crippen molar-refractivity contribution < 1.29 is 26.2 Å².